The maximum Gasteiger partial charge on any atom is 0.245 e. The Labute approximate surface area is 157 Å². The number of anilines is 2. The van der Waals surface area contributed by atoms with E-state index in [-0.39, 0.29) is 6.54 Å². The predicted molar refractivity (Wildman–Crippen MR) is 103 cm³/mol. The van der Waals surface area contributed by atoms with E-state index in [1.165, 1.54) is 18.2 Å². The van der Waals surface area contributed by atoms with Crippen LogP contribution in [0.25, 0.3) is 0 Å². The largest absolute Gasteiger partial charge is 0.324 e. The summed E-state index contributed by atoms with van der Waals surface area (Å²) in [5.41, 5.74) is 2.53. The molecule has 0 saturated heterocycles. The molecule has 0 spiro atoms. The van der Waals surface area contributed by atoms with Crippen molar-refractivity contribution >= 4 is 50.5 Å². The number of aryl methyl sites for hydroxylation is 2. The van der Waals surface area contributed by atoms with Gasteiger partial charge in [-0.3, -0.25) is 9.10 Å². The van der Waals surface area contributed by atoms with E-state index in [0.29, 0.717) is 21.4 Å². The van der Waals surface area contributed by atoms with Crippen molar-refractivity contribution in [2.24, 2.45) is 0 Å². The van der Waals surface area contributed by atoms with Gasteiger partial charge >= 0.3 is 0 Å². The minimum absolute atomic E-state index is 0.354. The van der Waals surface area contributed by atoms with Crippen LogP contribution >= 0.6 is 23.2 Å². The van der Waals surface area contributed by atoms with Crippen molar-refractivity contribution in [2.45, 2.75) is 13.8 Å². The number of nitrogens with zero attached hydrogens (tertiary/aromatic N) is 1. The van der Waals surface area contributed by atoms with Crippen LogP contribution in [0.5, 0.6) is 0 Å². The average molecular weight is 401 g/mol. The molecule has 0 fully saturated rings. The molecule has 0 aliphatic heterocycles. The Kier molecular flexibility index (Phi) is 5.98. The summed E-state index contributed by atoms with van der Waals surface area (Å²) in [5, 5.41) is 3.36. The second-order valence-electron chi connectivity index (χ2n) is 5.77. The van der Waals surface area contributed by atoms with Crippen molar-refractivity contribution in [3.8, 4) is 0 Å². The third kappa shape index (κ3) is 5.36. The summed E-state index contributed by atoms with van der Waals surface area (Å²) in [5.74, 6) is -0.496. The normalized spacial score (nSPS) is 11.2. The lowest BCUT2D eigenvalue weighted by atomic mass is 10.1. The number of nitrogens with one attached hydrogen (secondary N) is 1. The zero-order valence-electron chi connectivity index (χ0n) is 14.0. The van der Waals surface area contributed by atoms with Gasteiger partial charge in [0.1, 0.15) is 6.54 Å². The van der Waals surface area contributed by atoms with Gasteiger partial charge in [-0.1, -0.05) is 35.3 Å². The quantitative estimate of drug-likeness (QED) is 0.823. The summed E-state index contributed by atoms with van der Waals surface area (Å²) in [6, 6.07) is 10.0. The number of benzene rings is 2. The molecule has 0 heterocycles. The van der Waals surface area contributed by atoms with E-state index in [2.05, 4.69) is 5.32 Å². The van der Waals surface area contributed by atoms with E-state index < -0.39 is 15.9 Å². The number of rotatable bonds is 5. The number of carbonyl (C=O) groups excluding carboxylic acids is 1. The molecule has 0 unspecified atom stereocenters. The molecule has 0 bridgehead atoms. The Bertz CT molecular complexity index is 894. The third-order valence-electron chi connectivity index (χ3n) is 3.47. The molecule has 0 aliphatic carbocycles. The molecule has 5 nitrogen and oxygen atoms in total. The summed E-state index contributed by atoms with van der Waals surface area (Å²) in [6.45, 7) is 3.30. The molecular weight excluding hydrogens is 383 g/mol. The Morgan fingerprint density at radius 3 is 2.24 bits per heavy atom. The summed E-state index contributed by atoms with van der Waals surface area (Å²) in [7, 11) is -3.64. The SMILES string of the molecule is Cc1ccc(C)c(N(CC(=O)Nc2cc(Cl)cc(Cl)c2)S(C)(=O)=O)c1. The highest BCUT2D eigenvalue weighted by Crippen LogP contribution is 2.25. The van der Waals surface area contributed by atoms with E-state index >= 15 is 0 Å². The number of hydrogen-bond acceptors (Lipinski definition) is 3. The van der Waals surface area contributed by atoms with Crippen molar-refractivity contribution in [3.63, 3.8) is 0 Å². The Morgan fingerprint density at radius 2 is 1.68 bits per heavy atom. The molecular formula is C17H18Cl2N2O3S. The molecule has 1 N–H and O–H groups in total. The highest BCUT2D eigenvalue weighted by molar-refractivity contribution is 7.92. The summed E-state index contributed by atoms with van der Waals surface area (Å²) in [4.78, 5) is 12.4. The molecule has 134 valence electrons. The molecule has 8 heteroatoms. The Hall–Kier alpha value is -1.76. The van der Waals surface area contributed by atoms with Crippen molar-refractivity contribution in [3.05, 3.63) is 57.6 Å². The van der Waals surface area contributed by atoms with E-state index in [9.17, 15) is 13.2 Å². The van der Waals surface area contributed by atoms with Crippen molar-refractivity contribution < 1.29 is 13.2 Å². The third-order valence-corrected chi connectivity index (χ3v) is 5.03. The standard InChI is InChI=1S/C17H18Cl2N2O3S/c1-11-4-5-12(2)16(6-11)21(25(3,23)24)10-17(22)20-15-8-13(18)7-14(19)9-15/h4-9H,10H2,1-3H3,(H,20,22). The van der Waals surface area contributed by atoms with E-state index in [0.717, 1.165) is 21.7 Å². The number of amides is 1. The van der Waals surface area contributed by atoms with Gasteiger partial charge in [0.25, 0.3) is 0 Å². The van der Waals surface area contributed by atoms with Crippen LogP contribution in [0.15, 0.2) is 36.4 Å². The van der Waals surface area contributed by atoms with Crippen LogP contribution in [0.1, 0.15) is 11.1 Å². The zero-order valence-corrected chi connectivity index (χ0v) is 16.3. The molecule has 0 atom stereocenters. The first-order valence-electron chi connectivity index (χ1n) is 7.37. The van der Waals surface area contributed by atoms with Gasteiger partial charge in [0.05, 0.1) is 11.9 Å². The van der Waals surface area contributed by atoms with Crippen LogP contribution in [-0.4, -0.2) is 27.1 Å². The molecule has 2 aromatic carbocycles. The number of hydrogen-bond donors (Lipinski definition) is 1. The lowest BCUT2D eigenvalue weighted by Gasteiger charge is -2.24. The second-order valence-corrected chi connectivity index (χ2v) is 8.55. The number of sulfonamides is 1. The molecule has 0 aromatic heterocycles. The van der Waals surface area contributed by atoms with Crippen LogP contribution in [0.4, 0.5) is 11.4 Å². The number of halogens is 2. The Morgan fingerprint density at radius 1 is 1.08 bits per heavy atom. The fourth-order valence-electron chi connectivity index (χ4n) is 2.33. The van der Waals surface area contributed by atoms with Crippen LogP contribution in [0, 0.1) is 13.8 Å². The summed E-state index contributed by atoms with van der Waals surface area (Å²) in [6.07, 6.45) is 1.07. The fraction of sp³-hybridized carbons (Fsp3) is 0.235. The molecule has 2 aromatic rings. The lowest BCUT2D eigenvalue weighted by Crippen LogP contribution is -2.37. The first-order valence-corrected chi connectivity index (χ1v) is 9.97. The summed E-state index contributed by atoms with van der Waals surface area (Å²) >= 11 is 11.8. The monoisotopic (exact) mass is 400 g/mol. The molecule has 0 radical (unpaired) electrons. The van der Waals surface area contributed by atoms with Crippen molar-refractivity contribution in [2.75, 3.05) is 22.4 Å². The van der Waals surface area contributed by atoms with Crippen LogP contribution in [0.3, 0.4) is 0 Å². The number of carbonyl (C=O) groups is 1. The van der Waals surface area contributed by atoms with Crippen molar-refractivity contribution in [1.82, 2.24) is 0 Å². The molecule has 25 heavy (non-hydrogen) atoms. The minimum atomic E-state index is -3.64. The molecule has 0 aliphatic rings. The topological polar surface area (TPSA) is 66.5 Å². The van der Waals surface area contributed by atoms with Crippen molar-refractivity contribution in [1.29, 1.82) is 0 Å². The van der Waals surface area contributed by atoms with Gasteiger partial charge in [0, 0.05) is 15.7 Å². The van der Waals surface area contributed by atoms with Gasteiger partial charge in [-0.25, -0.2) is 8.42 Å². The van der Waals surface area contributed by atoms with Gasteiger partial charge in [0.2, 0.25) is 15.9 Å². The van der Waals surface area contributed by atoms with Gasteiger partial charge < -0.3 is 5.32 Å². The van der Waals surface area contributed by atoms with Crippen LogP contribution < -0.4 is 9.62 Å². The predicted octanol–water partition coefficient (Wildman–Crippen LogP) is 4.01. The fourth-order valence-corrected chi connectivity index (χ4v) is 3.76. The highest BCUT2D eigenvalue weighted by Gasteiger charge is 2.22. The van der Waals surface area contributed by atoms with Crippen LogP contribution in [0.2, 0.25) is 10.0 Å². The molecule has 2 rings (SSSR count). The van der Waals surface area contributed by atoms with Crippen LogP contribution in [-0.2, 0) is 14.8 Å². The lowest BCUT2D eigenvalue weighted by molar-refractivity contribution is -0.114. The first kappa shape index (κ1) is 19.6. The molecule has 0 saturated carbocycles. The van der Waals surface area contributed by atoms with Gasteiger partial charge in [-0.05, 0) is 49.2 Å². The maximum atomic E-state index is 12.4. The minimum Gasteiger partial charge on any atom is -0.324 e. The first-order chi connectivity index (χ1) is 11.6. The second kappa shape index (κ2) is 7.64. The molecule has 1 amide bonds. The van der Waals surface area contributed by atoms with Gasteiger partial charge in [0.15, 0.2) is 0 Å². The summed E-state index contributed by atoms with van der Waals surface area (Å²) < 4.78 is 25.5. The smallest absolute Gasteiger partial charge is 0.245 e. The van der Waals surface area contributed by atoms with E-state index in [1.807, 2.05) is 19.1 Å². The maximum absolute atomic E-state index is 12.4. The highest BCUT2D eigenvalue weighted by atomic mass is 35.5. The van der Waals surface area contributed by atoms with Gasteiger partial charge in [-0.15, -0.1) is 0 Å². The average Bonchev–Trinajstić information content (AvgIpc) is 2.45. The zero-order chi connectivity index (χ0) is 18.8. The van der Waals surface area contributed by atoms with E-state index in [4.69, 9.17) is 23.2 Å². The Balaban J connectivity index is 2.28. The van der Waals surface area contributed by atoms with Gasteiger partial charge in [-0.2, -0.15) is 0 Å². The van der Waals surface area contributed by atoms with E-state index in [1.54, 1.807) is 13.0 Å².